The van der Waals surface area contributed by atoms with E-state index in [2.05, 4.69) is 29.1 Å². The van der Waals surface area contributed by atoms with Gasteiger partial charge in [0.05, 0.1) is 18.5 Å². The molecule has 0 saturated heterocycles. The standard InChI is InChI=1S/C18H30N6O.C4H10O/c1-13(2)25-15-7-6-8-17(19)16(11-15)18(20)24(5)12-23-14(3)22-10-9-21-4;1-3-4-5-2/h6-8,11-13,17,20-22H,3,9-10,19H2,1-2,4-5H3;3-4H2,1-2H3/b20-18?,23-12-;. The number of methoxy groups -OCH3 is 1. The molecule has 5 N–H and O–H groups in total. The van der Waals surface area contributed by atoms with Crippen LogP contribution in [0.4, 0.5) is 0 Å². The Morgan fingerprint density at radius 3 is 2.67 bits per heavy atom. The molecule has 0 heterocycles. The van der Waals surface area contributed by atoms with Crippen molar-refractivity contribution in [2.75, 3.05) is 40.9 Å². The Hall–Kier alpha value is -2.42. The molecule has 0 aliphatic heterocycles. The Morgan fingerprint density at radius 2 is 2.13 bits per heavy atom. The zero-order chi connectivity index (χ0) is 22.9. The van der Waals surface area contributed by atoms with E-state index in [1.165, 1.54) is 0 Å². The van der Waals surface area contributed by atoms with Gasteiger partial charge in [0.15, 0.2) is 0 Å². The second kappa shape index (κ2) is 16.4. The van der Waals surface area contributed by atoms with Crippen LogP contribution in [0.5, 0.6) is 0 Å². The van der Waals surface area contributed by atoms with E-state index in [9.17, 15) is 0 Å². The summed E-state index contributed by atoms with van der Waals surface area (Å²) in [5, 5.41) is 14.5. The summed E-state index contributed by atoms with van der Waals surface area (Å²) in [6.45, 7) is 12.3. The van der Waals surface area contributed by atoms with E-state index >= 15 is 0 Å². The minimum atomic E-state index is -0.384. The number of amidine groups is 1. The average molecular weight is 421 g/mol. The first-order valence-electron chi connectivity index (χ1n) is 10.2. The zero-order valence-corrected chi connectivity index (χ0v) is 19.4. The van der Waals surface area contributed by atoms with E-state index < -0.39 is 0 Å². The van der Waals surface area contributed by atoms with Gasteiger partial charge in [0.2, 0.25) is 0 Å². The van der Waals surface area contributed by atoms with Crippen molar-refractivity contribution in [3.63, 3.8) is 0 Å². The molecule has 0 spiro atoms. The normalized spacial score (nSPS) is 15.7. The number of hydrogen-bond acceptors (Lipinski definition) is 7. The Kier molecular flexibility index (Phi) is 15.1. The van der Waals surface area contributed by atoms with Crippen molar-refractivity contribution in [2.45, 2.75) is 39.3 Å². The monoisotopic (exact) mass is 420 g/mol. The van der Waals surface area contributed by atoms with Crippen molar-refractivity contribution in [2.24, 2.45) is 10.7 Å². The van der Waals surface area contributed by atoms with Gasteiger partial charge in [-0.05, 0) is 39.5 Å². The van der Waals surface area contributed by atoms with Crippen LogP contribution in [-0.2, 0) is 9.47 Å². The van der Waals surface area contributed by atoms with E-state index in [1.54, 1.807) is 31.5 Å². The largest absolute Gasteiger partial charge is 0.491 e. The molecule has 0 aromatic heterocycles. The molecule has 1 rings (SSSR count). The molecule has 0 amide bonds. The Bertz CT molecular complexity index is 636. The van der Waals surface area contributed by atoms with Crippen molar-refractivity contribution >= 4 is 12.2 Å². The summed E-state index contributed by atoms with van der Waals surface area (Å²) in [4.78, 5) is 5.82. The Morgan fingerprint density at radius 1 is 1.43 bits per heavy atom. The second-order valence-corrected chi connectivity index (χ2v) is 6.92. The van der Waals surface area contributed by atoms with Crippen molar-refractivity contribution < 1.29 is 9.47 Å². The van der Waals surface area contributed by atoms with Crippen LogP contribution in [-0.4, -0.2) is 70.1 Å². The molecule has 0 aromatic carbocycles. The van der Waals surface area contributed by atoms with Crippen LogP contribution in [0, 0.1) is 5.41 Å². The lowest BCUT2D eigenvalue weighted by atomic mass is 10.1. The molecule has 170 valence electrons. The van der Waals surface area contributed by atoms with Gasteiger partial charge in [-0.1, -0.05) is 25.7 Å². The molecule has 8 nitrogen and oxygen atoms in total. The van der Waals surface area contributed by atoms with E-state index in [4.69, 9.17) is 20.6 Å². The topological polar surface area (TPSA) is 108 Å². The summed E-state index contributed by atoms with van der Waals surface area (Å²) in [6.07, 6.45) is 10.1. The SMILES string of the molecule is C=C(/N=C\N(C)C(=N)C1=CC(OC(C)C)=CC=CC1N)NCCNC.CCCOC. The van der Waals surface area contributed by atoms with Gasteiger partial charge in [-0.3, -0.25) is 5.41 Å². The quantitative estimate of drug-likeness (QED) is 0.232. The van der Waals surface area contributed by atoms with Crippen LogP contribution in [0.1, 0.15) is 27.2 Å². The number of ether oxygens (including phenoxy) is 2. The highest BCUT2D eigenvalue weighted by Gasteiger charge is 2.18. The average Bonchev–Trinajstić information content (AvgIpc) is 2.87. The molecule has 0 saturated carbocycles. The molecular formula is C22H40N6O2. The minimum absolute atomic E-state index is 0.0481. The fourth-order valence-corrected chi connectivity index (χ4v) is 2.24. The number of nitrogens with two attached hydrogens (primary N) is 1. The molecule has 30 heavy (non-hydrogen) atoms. The zero-order valence-electron chi connectivity index (χ0n) is 19.4. The van der Waals surface area contributed by atoms with Crippen LogP contribution in [0.15, 0.2) is 53.0 Å². The van der Waals surface area contributed by atoms with Gasteiger partial charge < -0.3 is 30.7 Å². The fraction of sp³-hybridized carbons (Fsp3) is 0.545. The molecular weight excluding hydrogens is 380 g/mol. The Labute approximate surface area is 182 Å². The van der Waals surface area contributed by atoms with Gasteiger partial charge >= 0.3 is 0 Å². The van der Waals surface area contributed by atoms with Gasteiger partial charge in [-0.25, -0.2) is 4.99 Å². The first-order valence-corrected chi connectivity index (χ1v) is 10.2. The van der Waals surface area contributed by atoms with E-state index in [-0.39, 0.29) is 18.0 Å². The molecule has 1 aliphatic carbocycles. The highest BCUT2D eigenvalue weighted by atomic mass is 16.5. The van der Waals surface area contributed by atoms with Crippen molar-refractivity contribution in [1.29, 1.82) is 5.41 Å². The van der Waals surface area contributed by atoms with Crippen molar-refractivity contribution in [1.82, 2.24) is 15.5 Å². The van der Waals surface area contributed by atoms with Gasteiger partial charge in [0.25, 0.3) is 0 Å². The van der Waals surface area contributed by atoms with Crippen LogP contribution in [0.25, 0.3) is 0 Å². The number of allylic oxidation sites excluding steroid dienone is 3. The number of rotatable bonds is 11. The highest BCUT2D eigenvalue weighted by Crippen LogP contribution is 2.16. The summed E-state index contributed by atoms with van der Waals surface area (Å²) in [5.41, 5.74) is 6.81. The number of aliphatic imine (C=N–C) groups is 1. The summed E-state index contributed by atoms with van der Waals surface area (Å²) in [7, 11) is 5.34. The third kappa shape index (κ3) is 12.2. The van der Waals surface area contributed by atoms with E-state index in [0.717, 1.165) is 26.1 Å². The number of nitrogens with one attached hydrogen (secondary N) is 3. The van der Waals surface area contributed by atoms with Gasteiger partial charge in [0, 0.05) is 39.4 Å². The maximum Gasteiger partial charge on any atom is 0.130 e. The molecule has 1 atom stereocenters. The molecule has 0 aromatic rings. The highest BCUT2D eigenvalue weighted by molar-refractivity contribution is 6.03. The lowest BCUT2D eigenvalue weighted by molar-refractivity contribution is 0.158. The van der Waals surface area contributed by atoms with Crippen LogP contribution in [0.2, 0.25) is 0 Å². The van der Waals surface area contributed by atoms with Crippen LogP contribution >= 0.6 is 0 Å². The Balaban J connectivity index is 0.00000150. The molecule has 0 fully saturated rings. The second-order valence-electron chi connectivity index (χ2n) is 6.92. The van der Waals surface area contributed by atoms with Crippen molar-refractivity contribution in [3.8, 4) is 0 Å². The third-order valence-electron chi connectivity index (χ3n) is 3.73. The third-order valence-corrected chi connectivity index (χ3v) is 3.73. The van der Waals surface area contributed by atoms with Crippen LogP contribution in [0.3, 0.4) is 0 Å². The predicted molar refractivity (Wildman–Crippen MR) is 127 cm³/mol. The number of nitrogens with zero attached hydrogens (tertiary/aromatic N) is 2. The summed E-state index contributed by atoms with van der Waals surface area (Å²) >= 11 is 0. The minimum Gasteiger partial charge on any atom is -0.491 e. The first-order chi connectivity index (χ1) is 14.3. The van der Waals surface area contributed by atoms with Gasteiger partial charge in [0.1, 0.15) is 17.4 Å². The fourth-order valence-electron chi connectivity index (χ4n) is 2.24. The smallest absolute Gasteiger partial charge is 0.130 e. The summed E-state index contributed by atoms with van der Waals surface area (Å²) < 4.78 is 10.4. The summed E-state index contributed by atoms with van der Waals surface area (Å²) in [6, 6.07) is -0.384. The van der Waals surface area contributed by atoms with Gasteiger partial charge in [-0.2, -0.15) is 0 Å². The molecule has 0 bridgehead atoms. The number of likely N-dealkylation sites (N-methyl/N-ethyl adjacent to an activating group) is 2. The molecule has 8 heteroatoms. The van der Waals surface area contributed by atoms with Crippen molar-refractivity contribution in [3.05, 3.63) is 48.0 Å². The summed E-state index contributed by atoms with van der Waals surface area (Å²) in [5.74, 6) is 1.48. The van der Waals surface area contributed by atoms with Gasteiger partial charge in [-0.15, -0.1) is 0 Å². The lowest BCUT2D eigenvalue weighted by Gasteiger charge is -2.20. The maximum atomic E-state index is 8.41. The molecule has 0 radical (unpaired) electrons. The van der Waals surface area contributed by atoms with E-state index in [0.29, 0.717) is 17.2 Å². The lowest BCUT2D eigenvalue weighted by Crippen LogP contribution is -2.34. The predicted octanol–water partition coefficient (Wildman–Crippen LogP) is 2.38. The molecule has 1 aliphatic rings. The van der Waals surface area contributed by atoms with Crippen LogP contribution < -0.4 is 16.4 Å². The maximum absolute atomic E-state index is 8.41. The first kappa shape index (κ1) is 27.6. The number of hydrogen-bond donors (Lipinski definition) is 4. The molecule has 1 unspecified atom stereocenters. The van der Waals surface area contributed by atoms with E-state index in [1.807, 2.05) is 39.1 Å².